The molecule has 6 nitrogen and oxygen atoms in total. The molecule has 0 N–H and O–H groups in total. The molecule has 0 aromatic heterocycles. The summed E-state index contributed by atoms with van der Waals surface area (Å²) in [7, 11) is 1.57. The Balaban J connectivity index is 1.22. The zero-order chi connectivity index (χ0) is 21.6. The van der Waals surface area contributed by atoms with E-state index in [4.69, 9.17) is 9.47 Å². The average Bonchev–Trinajstić information content (AvgIpc) is 3.25. The van der Waals surface area contributed by atoms with Gasteiger partial charge in [0.2, 0.25) is 5.91 Å². The van der Waals surface area contributed by atoms with Gasteiger partial charge in [0, 0.05) is 12.1 Å². The molecule has 6 heteroatoms. The van der Waals surface area contributed by atoms with Crippen LogP contribution in [0.15, 0.2) is 24.3 Å². The predicted octanol–water partition coefficient (Wildman–Crippen LogP) is 3.63. The Morgan fingerprint density at radius 1 is 1.00 bits per heavy atom. The smallest absolute Gasteiger partial charge is 0.329 e. The Labute approximate surface area is 183 Å². The number of hydrogen-bond donors (Lipinski definition) is 0. The van der Waals surface area contributed by atoms with Gasteiger partial charge in [-0.05, 0) is 93.4 Å². The summed E-state index contributed by atoms with van der Waals surface area (Å²) in [5, 5.41) is 0. The summed E-state index contributed by atoms with van der Waals surface area (Å²) in [6.07, 6.45) is 8.25. The maximum absolute atomic E-state index is 13.7. The topological polar surface area (TPSA) is 72.9 Å². The normalized spacial score (nSPS) is 33.4. The average molecular weight is 426 g/mol. The molecule has 1 aromatic rings. The lowest BCUT2D eigenvalue weighted by molar-refractivity contribution is -0.165. The van der Waals surface area contributed by atoms with Crippen LogP contribution in [0.3, 0.4) is 0 Å². The molecule has 5 fully saturated rings. The van der Waals surface area contributed by atoms with E-state index >= 15 is 0 Å². The standard InChI is InChI=1S/C25H31NO5/c1-30-20-6-4-19(5-7-20)22(27)15-31-23(28)21-3-2-8-26(21)24(29)25-12-16-9-17(13-25)11-18(10-16)14-25/h4-7,16-18,21H,2-3,8-15H2,1H3/t16?,17?,18?,21-,25?/m0/s1. The largest absolute Gasteiger partial charge is 0.497 e. The number of carbonyl (C=O) groups is 3. The Bertz CT molecular complexity index is 841. The molecule has 0 unspecified atom stereocenters. The number of benzene rings is 1. The first-order valence-electron chi connectivity index (χ1n) is 11.6. The fraction of sp³-hybridized carbons (Fsp3) is 0.640. The fourth-order valence-corrected chi connectivity index (χ4v) is 7.03. The molecule has 1 amide bonds. The number of esters is 1. The van der Waals surface area contributed by atoms with Crippen molar-refractivity contribution >= 4 is 17.7 Å². The summed E-state index contributed by atoms with van der Waals surface area (Å²) in [5.41, 5.74) is 0.220. The maximum Gasteiger partial charge on any atom is 0.329 e. The Morgan fingerprint density at radius 3 is 2.19 bits per heavy atom. The van der Waals surface area contributed by atoms with Crippen molar-refractivity contribution in [3.05, 3.63) is 29.8 Å². The lowest BCUT2D eigenvalue weighted by Crippen LogP contribution is -2.56. The zero-order valence-corrected chi connectivity index (χ0v) is 18.2. The van der Waals surface area contributed by atoms with Crippen molar-refractivity contribution in [3.63, 3.8) is 0 Å². The number of likely N-dealkylation sites (tertiary alicyclic amines) is 1. The molecule has 4 saturated carbocycles. The van der Waals surface area contributed by atoms with E-state index in [1.54, 1.807) is 36.3 Å². The lowest BCUT2D eigenvalue weighted by atomic mass is 9.49. The van der Waals surface area contributed by atoms with Crippen LogP contribution in [0.2, 0.25) is 0 Å². The van der Waals surface area contributed by atoms with Crippen LogP contribution in [-0.4, -0.2) is 48.9 Å². The number of carbonyl (C=O) groups excluding carboxylic acids is 3. The summed E-state index contributed by atoms with van der Waals surface area (Å²) in [4.78, 5) is 40.7. The molecule has 6 rings (SSSR count). The molecular weight excluding hydrogens is 394 g/mol. The molecule has 31 heavy (non-hydrogen) atoms. The van der Waals surface area contributed by atoms with E-state index in [1.807, 2.05) is 0 Å². The molecule has 1 aromatic carbocycles. The van der Waals surface area contributed by atoms with Crippen LogP contribution in [0, 0.1) is 23.2 Å². The van der Waals surface area contributed by atoms with Gasteiger partial charge in [0.05, 0.1) is 12.5 Å². The van der Waals surface area contributed by atoms with Gasteiger partial charge < -0.3 is 14.4 Å². The van der Waals surface area contributed by atoms with Crippen molar-refractivity contribution in [3.8, 4) is 5.75 Å². The molecule has 5 aliphatic rings. The molecule has 0 spiro atoms. The van der Waals surface area contributed by atoms with Gasteiger partial charge in [0.25, 0.3) is 0 Å². The van der Waals surface area contributed by atoms with Gasteiger partial charge in [-0.15, -0.1) is 0 Å². The van der Waals surface area contributed by atoms with Gasteiger partial charge >= 0.3 is 5.97 Å². The monoisotopic (exact) mass is 425 g/mol. The van der Waals surface area contributed by atoms with E-state index in [2.05, 4.69) is 0 Å². The zero-order valence-electron chi connectivity index (χ0n) is 18.2. The van der Waals surface area contributed by atoms with Gasteiger partial charge in [-0.2, -0.15) is 0 Å². The van der Waals surface area contributed by atoms with Crippen molar-refractivity contribution < 1.29 is 23.9 Å². The first-order valence-corrected chi connectivity index (χ1v) is 11.6. The molecule has 1 saturated heterocycles. The molecule has 1 aliphatic heterocycles. The number of ether oxygens (including phenoxy) is 2. The van der Waals surface area contributed by atoms with Crippen LogP contribution >= 0.6 is 0 Å². The van der Waals surface area contributed by atoms with Crippen molar-refractivity contribution in [2.24, 2.45) is 23.2 Å². The second kappa shape index (κ2) is 7.95. The third-order valence-electron chi connectivity index (χ3n) is 8.04. The quantitative estimate of drug-likeness (QED) is 0.514. The molecule has 1 atom stereocenters. The Morgan fingerprint density at radius 2 is 1.61 bits per heavy atom. The summed E-state index contributed by atoms with van der Waals surface area (Å²) in [5.74, 6) is 2.19. The molecule has 166 valence electrons. The number of hydrogen-bond acceptors (Lipinski definition) is 5. The third-order valence-corrected chi connectivity index (χ3v) is 8.04. The van der Waals surface area contributed by atoms with Gasteiger partial charge in [0.15, 0.2) is 12.4 Å². The molecular formula is C25H31NO5. The van der Waals surface area contributed by atoms with Crippen LogP contribution in [0.25, 0.3) is 0 Å². The minimum absolute atomic E-state index is 0.174. The Hall–Kier alpha value is -2.37. The highest BCUT2D eigenvalue weighted by atomic mass is 16.5. The van der Waals surface area contributed by atoms with E-state index < -0.39 is 12.0 Å². The maximum atomic E-state index is 13.7. The number of Topliss-reactive ketones (excluding diaryl/α,β-unsaturated/α-hetero) is 1. The Kier molecular flexibility index (Phi) is 5.27. The van der Waals surface area contributed by atoms with Crippen LogP contribution < -0.4 is 4.74 Å². The minimum Gasteiger partial charge on any atom is -0.497 e. The van der Waals surface area contributed by atoms with Gasteiger partial charge in [0.1, 0.15) is 11.8 Å². The minimum atomic E-state index is -0.552. The summed E-state index contributed by atoms with van der Waals surface area (Å²) in [6, 6.07) is 6.18. The lowest BCUT2D eigenvalue weighted by Gasteiger charge is -2.56. The molecule has 1 heterocycles. The fourth-order valence-electron chi connectivity index (χ4n) is 7.03. The SMILES string of the molecule is COc1ccc(C(=O)COC(=O)[C@@H]2CCCN2C(=O)C23CC4CC(CC(C4)C2)C3)cc1. The van der Waals surface area contributed by atoms with Gasteiger partial charge in [-0.25, -0.2) is 4.79 Å². The second-order valence-electron chi connectivity index (χ2n) is 10.1. The van der Waals surface area contributed by atoms with E-state index in [0.717, 1.165) is 25.7 Å². The van der Waals surface area contributed by atoms with Crippen molar-refractivity contribution in [2.45, 2.75) is 57.4 Å². The van der Waals surface area contributed by atoms with Gasteiger partial charge in [-0.3, -0.25) is 9.59 Å². The molecule has 4 bridgehead atoms. The van der Waals surface area contributed by atoms with E-state index in [9.17, 15) is 14.4 Å². The van der Waals surface area contributed by atoms with Crippen LogP contribution in [0.1, 0.15) is 61.7 Å². The van der Waals surface area contributed by atoms with E-state index in [-0.39, 0.29) is 23.7 Å². The third kappa shape index (κ3) is 3.74. The number of amides is 1. The summed E-state index contributed by atoms with van der Waals surface area (Å²) >= 11 is 0. The first kappa shape index (κ1) is 20.5. The predicted molar refractivity (Wildman–Crippen MR) is 114 cm³/mol. The second-order valence-corrected chi connectivity index (χ2v) is 10.1. The van der Waals surface area contributed by atoms with Crippen molar-refractivity contribution in [2.75, 3.05) is 20.3 Å². The van der Waals surface area contributed by atoms with Crippen LogP contribution in [0.5, 0.6) is 5.75 Å². The number of methoxy groups -OCH3 is 1. The highest BCUT2D eigenvalue weighted by Gasteiger charge is 2.57. The van der Waals surface area contributed by atoms with E-state index in [0.29, 0.717) is 42.0 Å². The van der Waals surface area contributed by atoms with Crippen molar-refractivity contribution in [1.29, 1.82) is 0 Å². The number of ketones is 1. The molecule has 4 aliphatic carbocycles. The number of nitrogens with zero attached hydrogens (tertiary/aromatic N) is 1. The molecule has 0 radical (unpaired) electrons. The first-order chi connectivity index (χ1) is 15.0. The highest BCUT2D eigenvalue weighted by molar-refractivity contribution is 5.98. The summed E-state index contributed by atoms with van der Waals surface area (Å²) < 4.78 is 10.5. The van der Waals surface area contributed by atoms with Gasteiger partial charge in [-0.1, -0.05) is 0 Å². The van der Waals surface area contributed by atoms with Crippen LogP contribution in [-0.2, 0) is 14.3 Å². The summed E-state index contributed by atoms with van der Waals surface area (Å²) in [6.45, 7) is 0.313. The van der Waals surface area contributed by atoms with E-state index in [1.165, 1.54) is 19.3 Å². The van der Waals surface area contributed by atoms with Crippen LogP contribution in [0.4, 0.5) is 0 Å². The van der Waals surface area contributed by atoms with Crippen molar-refractivity contribution in [1.82, 2.24) is 4.90 Å². The number of rotatable bonds is 6. The highest BCUT2D eigenvalue weighted by Crippen LogP contribution is 2.60.